The number of methoxy groups -OCH3 is 1. The van der Waals surface area contributed by atoms with E-state index in [-0.39, 0.29) is 0 Å². The van der Waals surface area contributed by atoms with Crippen molar-refractivity contribution in [3.8, 4) is 0 Å². The van der Waals surface area contributed by atoms with Crippen molar-refractivity contribution in [1.82, 2.24) is 0 Å². The molecule has 0 N–H and O–H groups in total. The van der Waals surface area contributed by atoms with Crippen LogP contribution < -0.4 is 0 Å². The zero-order chi connectivity index (χ0) is 11.0. The van der Waals surface area contributed by atoms with Gasteiger partial charge < -0.3 is 9.16 Å². The minimum atomic E-state index is -0.675. The van der Waals surface area contributed by atoms with E-state index in [1.807, 2.05) is 0 Å². The Kier molecular flexibility index (Phi) is 7.50. The van der Waals surface area contributed by atoms with Gasteiger partial charge in [0, 0.05) is 7.11 Å². The highest BCUT2D eigenvalue weighted by Crippen LogP contribution is 2.30. The van der Waals surface area contributed by atoms with Gasteiger partial charge in [-0.3, -0.25) is 0 Å². The van der Waals surface area contributed by atoms with Crippen molar-refractivity contribution in [2.75, 3.05) is 20.3 Å². The molecule has 0 heterocycles. The molecule has 0 spiro atoms. The van der Waals surface area contributed by atoms with Crippen LogP contribution in [0.5, 0.6) is 0 Å². The summed E-state index contributed by atoms with van der Waals surface area (Å²) in [6.07, 6.45) is 2.55. The summed E-state index contributed by atoms with van der Waals surface area (Å²) in [6, 6.07) is 1.26. The van der Waals surface area contributed by atoms with Crippen molar-refractivity contribution in [1.29, 1.82) is 0 Å². The van der Waals surface area contributed by atoms with Crippen LogP contribution in [0.15, 0.2) is 0 Å². The fourth-order valence-electron chi connectivity index (χ4n) is 1.25. The van der Waals surface area contributed by atoms with Gasteiger partial charge >= 0.3 is 0 Å². The molecule has 0 aromatic carbocycles. The van der Waals surface area contributed by atoms with Gasteiger partial charge in [0.25, 0.3) is 0 Å². The lowest BCUT2D eigenvalue weighted by Gasteiger charge is -2.28. The third kappa shape index (κ3) is 6.57. The van der Waals surface area contributed by atoms with Crippen LogP contribution in [0.2, 0.25) is 11.1 Å². The van der Waals surface area contributed by atoms with Crippen molar-refractivity contribution in [2.45, 2.75) is 51.6 Å². The molecule has 0 unspecified atom stereocenters. The zero-order valence-corrected chi connectivity index (χ0v) is 11.4. The summed E-state index contributed by atoms with van der Waals surface area (Å²) in [5, 5.41) is 0.341. The lowest BCUT2D eigenvalue weighted by atomic mass is 10.2. The van der Waals surface area contributed by atoms with Gasteiger partial charge in [0.1, 0.15) is 0 Å². The van der Waals surface area contributed by atoms with Crippen molar-refractivity contribution < 1.29 is 9.16 Å². The van der Waals surface area contributed by atoms with Crippen molar-refractivity contribution in [3.05, 3.63) is 0 Å². The molecule has 0 aliphatic rings. The van der Waals surface area contributed by atoms with Crippen LogP contribution >= 0.6 is 0 Å². The average Bonchev–Trinajstić information content (AvgIpc) is 2.09. The maximum Gasteiger partial charge on any atom is 0.217 e. The molecule has 0 aromatic rings. The number of ether oxygens (including phenoxy) is 1. The molecule has 2 nitrogen and oxygen atoms in total. The van der Waals surface area contributed by atoms with E-state index >= 15 is 0 Å². The second-order valence-corrected chi connectivity index (χ2v) is 7.75. The monoisotopic (exact) mass is 217 g/mol. The molecule has 3 heteroatoms. The summed E-state index contributed by atoms with van der Waals surface area (Å²) >= 11 is 0. The Bertz CT molecular complexity index is 132. The summed E-state index contributed by atoms with van der Waals surface area (Å²) in [4.78, 5) is 0. The Labute approximate surface area is 90.7 Å². The summed E-state index contributed by atoms with van der Waals surface area (Å²) in [6.45, 7) is 10.6. The predicted molar refractivity (Wildman–Crippen MR) is 63.0 cm³/mol. The highest BCUT2D eigenvalue weighted by molar-refractivity contribution is 6.55. The summed E-state index contributed by atoms with van der Waals surface area (Å²) in [5.41, 5.74) is 0. The summed E-state index contributed by atoms with van der Waals surface area (Å²) < 4.78 is 10.9. The van der Waals surface area contributed by atoms with E-state index in [1.54, 1.807) is 7.11 Å². The Morgan fingerprint density at radius 2 is 1.79 bits per heavy atom. The molecule has 0 aliphatic carbocycles. The molecule has 0 amide bonds. The topological polar surface area (TPSA) is 18.5 Å². The van der Waals surface area contributed by atoms with Gasteiger partial charge in [0.05, 0.1) is 13.2 Å². The molecule has 0 aliphatic heterocycles. The number of unbranched alkanes of at least 4 members (excludes halogenated alkanes) is 1. The van der Waals surface area contributed by atoms with Crippen molar-refractivity contribution in [2.24, 2.45) is 0 Å². The molecular formula is C11H25O2Si. The van der Waals surface area contributed by atoms with Crippen LogP contribution in [0.4, 0.5) is 0 Å². The summed E-state index contributed by atoms with van der Waals surface area (Å²) in [7, 11) is 1.05. The first-order valence-electron chi connectivity index (χ1n) is 5.50. The second-order valence-electron chi connectivity index (χ2n) is 4.62. The number of rotatable bonds is 7. The van der Waals surface area contributed by atoms with Crippen LogP contribution in [0.3, 0.4) is 0 Å². The minimum Gasteiger partial charge on any atom is -0.414 e. The molecule has 1 radical (unpaired) electrons. The van der Waals surface area contributed by atoms with Gasteiger partial charge in [-0.25, -0.2) is 0 Å². The van der Waals surface area contributed by atoms with Crippen LogP contribution in [0.25, 0.3) is 0 Å². The quantitative estimate of drug-likeness (QED) is 0.481. The SMILES string of the molecule is CCCC[Si](OCCOC)C(C)(C)C. The zero-order valence-electron chi connectivity index (χ0n) is 10.4. The van der Waals surface area contributed by atoms with Crippen molar-refractivity contribution in [3.63, 3.8) is 0 Å². The van der Waals surface area contributed by atoms with Crippen LogP contribution in [0, 0.1) is 0 Å². The summed E-state index contributed by atoms with van der Waals surface area (Å²) in [5.74, 6) is 0. The van der Waals surface area contributed by atoms with E-state index in [0.29, 0.717) is 5.04 Å². The standard InChI is InChI=1S/C11H25O2Si/c1-6-7-10-14(11(2,3)4)13-9-8-12-5/h6-10H2,1-5H3. The van der Waals surface area contributed by atoms with E-state index in [0.717, 1.165) is 13.2 Å². The minimum absolute atomic E-state index is 0.341. The molecule has 0 bridgehead atoms. The Balaban J connectivity index is 3.85. The van der Waals surface area contributed by atoms with E-state index in [2.05, 4.69) is 27.7 Å². The molecule has 85 valence electrons. The lowest BCUT2D eigenvalue weighted by molar-refractivity contribution is 0.142. The van der Waals surface area contributed by atoms with E-state index in [9.17, 15) is 0 Å². The fraction of sp³-hybridized carbons (Fsp3) is 1.00. The highest BCUT2D eigenvalue weighted by Gasteiger charge is 2.28. The van der Waals surface area contributed by atoms with E-state index < -0.39 is 9.04 Å². The molecule has 14 heavy (non-hydrogen) atoms. The average molecular weight is 217 g/mol. The molecule has 0 aromatic heterocycles. The molecule has 0 fully saturated rings. The maximum atomic E-state index is 5.93. The van der Waals surface area contributed by atoms with Gasteiger partial charge in [-0.15, -0.1) is 0 Å². The van der Waals surface area contributed by atoms with Crippen molar-refractivity contribution >= 4 is 9.04 Å². The first kappa shape index (κ1) is 14.1. The Morgan fingerprint density at radius 3 is 2.21 bits per heavy atom. The molecule has 0 rings (SSSR count). The largest absolute Gasteiger partial charge is 0.414 e. The third-order valence-electron chi connectivity index (χ3n) is 2.16. The van der Waals surface area contributed by atoms with Crippen LogP contribution in [0.1, 0.15) is 40.5 Å². The lowest BCUT2D eigenvalue weighted by Crippen LogP contribution is -2.30. The second kappa shape index (κ2) is 7.43. The highest BCUT2D eigenvalue weighted by atomic mass is 28.3. The first-order chi connectivity index (χ1) is 6.52. The van der Waals surface area contributed by atoms with Gasteiger partial charge in [-0.05, 0) is 11.1 Å². The Morgan fingerprint density at radius 1 is 1.14 bits per heavy atom. The normalized spacial score (nSPS) is 12.4. The number of hydrogen-bond acceptors (Lipinski definition) is 2. The predicted octanol–water partition coefficient (Wildman–Crippen LogP) is 3.24. The van der Waals surface area contributed by atoms with E-state index in [1.165, 1.54) is 18.9 Å². The fourth-order valence-corrected chi connectivity index (χ4v) is 3.58. The van der Waals surface area contributed by atoms with Gasteiger partial charge in [0.2, 0.25) is 9.04 Å². The molecule has 0 saturated heterocycles. The molecule has 0 atom stereocenters. The van der Waals surface area contributed by atoms with Gasteiger partial charge in [-0.2, -0.15) is 0 Å². The third-order valence-corrected chi connectivity index (χ3v) is 5.19. The van der Waals surface area contributed by atoms with Gasteiger partial charge in [-0.1, -0.05) is 40.5 Å². The molecule has 0 saturated carbocycles. The van der Waals surface area contributed by atoms with Gasteiger partial charge in [0.15, 0.2) is 0 Å². The van der Waals surface area contributed by atoms with Crippen LogP contribution in [-0.2, 0) is 9.16 Å². The maximum absolute atomic E-state index is 5.93. The molecular weight excluding hydrogens is 192 g/mol. The van der Waals surface area contributed by atoms with Crippen LogP contribution in [-0.4, -0.2) is 29.4 Å². The Hall–Kier alpha value is 0.137. The number of hydrogen-bond donors (Lipinski definition) is 0. The first-order valence-corrected chi connectivity index (χ1v) is 7.12. The smallest absolute Gasteiger partial charge is 0.217 e. The van der Waals surface area contributed by atoms with E-state index in [4.69, 9.17) is 9.16 Å².